The molecule has 1 rings (SSSR count). The van der Waals surface area contributed by atoms with Gasteiger partial charge < -0.3 is 15.3 Å². The summed E-state index contributed by atoms with van der Waals surface area (Å²) in [4.78, 5) is 34.6. The van der Waals surface area contributed by atoms with E-state index in [4.69, 9.17) is 5.11 Å². The highest BCUT2D eigenvalue weighted by molar-refractivity contribution is 5.89. The molecule has 0 aromatic carbocycles. The van der Waals surface area contributed by atoms with E-state index in [1.807, 2.05) is 0 Å². The number of hydrogen-bond donors (Lipinski definition) is 2. The Morgan fingerprint density at radius 2 is 1.95 bits per heavy atom. The number of carboxylic acid groups (broad SMARTS) is 1. The molecule has 1 saturated heterocycles. The van der Waals surface area contributed by atoms with Crippen LogP contribution in [-0.4, -0.2) is 52.6 Å². The maximum atomic E-state index is 12.3. The largest absolute Gasteiger partial charge is 0.481 e. The van der Waals surface area contributed by atoms with Gasteiger partial charge in [-0.1, -0.05) is 0 Å². The second-order valence-electron chi connectivity index (χ2n) is 5.73. The molecule has 1 aliphatic heterocycles. The van der Waals surface area contributed by atoms with Gasteiger partial charge in [-0.3, -0.25) is 14.4 Å². The summed E-state index contributed by atoms with van der Waals surface area (Å²) < 4.78 is 36.8. The third-order valence-electron chi connectivity index (χ3n) is 3.01. The number of hydrogen-bond acceptors (Lipinski definition) is 3. The summed E-state index contributed by atoms with van der Waals surface area (Å²) in [6, 6.07) is 0. The van der Waals surface area contributed by atoms with Crippen molar-refractivity contribution in [2.24, 2.45) is 5.92 Å². The minimum Gasteiger partial charge on any atom is -0.481 e. The molecule has 0 bridgehead atoms. The van der Waals surface area contributed by atoms with E-state index in [-0.39, 0.29) is 19.4 Å². The average molecular weight is 310 g/mol. The van der Waals surface area contributed by atoms with Crippen LogP contribution in [0, 0.1) is 5.92 Å². The van der Waals surface area contributed by atoms with Crippen LogP contribution in [0.25, 0.3) is 0 Å². The van der Waals surface area contributed by atoms with Crippen LogP contribution < -0.4 is 5.32 Å². The number of likely N-dealkylation sites (tertiary alicyclic amines) is 1. The number of amides is 2. The number of aliphatic carboxylic acids is 1. The standard InChI is InChI=1S/C12H17F3N2O4/c1-11(2,4-9(19)20)16-10(21)7-3-8(18)17(5-7)6-12(13,14)15/h7H,3-6H2,1-2H3,(H,16,21)(H,19,20). The zero-order chi connectivity index (χ0) is 16.4. The SMILES string of the molecule is CC(C)(CC(=O)O)NC(=O)C1CC(=O)N(CC(F)(F)F)C1. The number of carbonyl (C=O) groups excluding carboxylic acids is 2. The number of rotatable bonds is 5. The topological polar surface area (TPSA) is 86.7 Å². The lowest BCUT2D eigenvalue weighted by Gasteiger charge is -2.26. The van der Waals surface area contributed by atoms with Crippen LogP contribution >= 0.6 is 0 Å². The number of carboxylic acids is 1. The maximum Gasteiger partial charge on any atom is 0.406 e. The van der Waals surface area contributed by atoms with Gasteiger partial charge in [0.1, 0.15) is 6.54 Å². The fourth-order valence-corrected chi connectivity index (χ4v) is 2.17. The summed E-state index contributed by atoms with van der Waals surface area (Å²) in [6.07, 6.45) is -5.14. The Morgan fingerprint density at radius 1 is 1.38 bits per heavy atom. The summed E-state index contributed by atoms with van der Waals surface area (Å²) in [5.74, 6) is -3.35. The molecule has 0 saturated carbocycles. The monoisotopic (exact) mass is 310 g/mol. The molecule has 2 amide bonds. The minimum atomic E-state index is -4.51. The molecule has 0 radical (unpaired) electrons. The number of alkyl halides is 3. The van der Waals surface area contributed by atoms with Crippen molar-refractivity contribution in [2.75, 3.05) is 13.1 Å². The number of carbonyl (C=O) groups is 3. The summed E-state index contributed by atoms with van der Waals surface area (Å²) >= 11 is 0. The van der Waals surface area contributed by atoms with Crippen molar-refractivity contribution in [3.05, 3.63) is 0 Å². The molecular formula is C12H17F3N2O4. The zero-order valence-corrected chi connectivity index (χ0v) is 11.7. The van der Waals surface area contributed by atoms with Gasteiger partial charge in [-0.15, -0.1) is 0 Å². The van der Waals surface area contributed by atoms with Gasteiger partial charge in [0, 0.05) is 18.5 Å². The second-order valence-corrected chi connectivity index (χ2v) is 5.73. The van der Waals surface area contributed by atoms with Gasteiger partial charge in [0.15, 0.2) is 0 Å². The van der Waals surface area contributed by atoms with E-state index in [2.05, 4.69) is 5.32 Å². The lowest BCUT2D eigenvalue weighted by atomic mass is 9.98. The summed E-state index contributed by atoms with van der Waals surface area (Å²) in [7, 11) is 0. The van der Waals surface area contributed by atoms with Crippen molar-refractivity contribution < 1.29 is 32.7 Å². The van der Waals surface area contributed by atoms with Crippen molar-refractivity contribution in [3.8, 4) is 0 Å². The van der Waals surface area contributed by atoms with Crippen LogP contribution in [0.1, 0.15) is 26.7 Å². The third kappa shape index (κ3) is 5.60. The first-order valence-electron chi connectivity index (χ1n) is 6.28. The van der Waals surface area contributed by atoms with Crippen LogP contribution in [-0.2, 0) is 14.4 Å². The quantitative estimate of drug-likeness (QED) is 0.785. The molecule has 1 atom stereocenters. The Kier molecular flexibility index (Phi) is 4.85. The smallest absolute Gasteiger partial charge is 0.406 e. The molecule has 0 aromatic rings. The lowest BCUT2D eigenvalue weighted by molar-refractivity contribution is -0.157. The first-order valence-corrected chi connectivity index (χ1v) is 6.28. The highest BCUT2D eigenvalue weighted by Gasteiger charge is 2.41. The fourth-order valence-electron chi connectivity index (χ4n) is 2.17. The lowest BCUT2D eigenvalue weighted by Crippen LogP contribution is -2.48. The predicted molar refractivity (Wildman–Crippen MR) is 65.2 cm³/mol. The van der Waals surface area contributed by atoms with E-state index in [1.54, 1.807) is 0 Å². The van der Waals surface area contributed by atoms with E-state index in [0.717, 1.165) is 0 Å². The molecule has 1 heterocycles. The van der Waals surface area contributed by atoms with Crippen LogP contribution in [0.15, 0.2) is 0 Å². The third-order valence-corrected chi connectivity index (χ3v) is 3.01. The van der Waals surface area contributed by atoms with Gasteiger partial charge in [-0.25, -0.2) is 0 Å². The molecule has 2 N–H and O–H groups in total. The van der Waals surface area contributed by atoms with E-state index >= 15 is 0 Å². The van der Waals surface area contributed by atoms with Crippen molar-refractivity contribution >= 4 is 17.8 Å². The van der Waals surface area contributed by atoms with E-state index < -0.39 is 42.0 Å². The molecule has 1 fully saturated rings. The molecule has 120 valence electrons. The highest BCUT2D eigenvalue weighted by Crippen LogP contribution is 2.24. The fraction of sp³-hybridized carbons (Fsp3) is 0.750. The molecule has 0 aliphatic carbocycles. The second kappa shape index (κ2) is 5.90. The van der Waals surface area contributed by atoms with Gasteiger partial charge in [0.2, 0.25) is 11.8 Å². The Labute approximate surface area is 119 Å². The van der Waals surface area contributed by atoms with Crippen molar-refractivity contribution in [2.45, 2.75) is 38.4 Å². The van der Waals surface area contributed by atoms with Crippen molar-refractivity contribution in [1.82, 2.24) is 10.2 Å². The minimum absolute atomic E-state index is 0.301. The maximum absolute atomic E-state index is 12.3. The predicted octanol–water partition coefficient (Wildman–Crippen LogP) is 0.767. The Balaban J connectivity index is 2.61. The molecule has 21 heavy (non-hydrogen) atoms. The van der Waals surface area contributed by atoms with Crippen LogP contribution in [0.2, 0.25) is 0 Å². The summed E-state index contributed by atoms with van der Waals surface area (Å²) in [5, 5.41) is 11.2. The molecule has 0 aromatic heterocycles. The van der Waals surface area contributed by atoms with Crippen LogP contribution in [0.5, 0.6) is 0 Å². The number of halogens is 3. The van der Waals surface area contributed by atoms with Gasteiger partial charge in [0.25, 0.3) is 0 Å². The van der Waals surface area contributed by atoms with Gasteiger partial charge in [0.05, 0.1) is 12.3 Å². The number of nitrogens with zero attached hydrogens (tertiary/aromatic N) is 1. The Morgan fingerprint density at radius 3 is 2.43 bits per heavy atom. The first-order chi connectivity index (χ1) is 9.39. The molecule has 6 nitrogen and oxygen atoms in total. The molecule has 0 spiro atoms. The molecule has 1 unspecified atom stereocenters. The van der Waals surface area contributed by atoms with Gasteiger partial charge in [-0.05, 0) is 13.8 Å². The van der Waals surface area contributed by atoms with Crippen molar-refractivity contribution in [3.63, 3.8) is 0 Å². The highest BCUT2D eigenvalue weighted by atomic mass is 19.4. The number of nitrogens with one attached hydrogen (secondary N) is 1. The normalized spacial score (nSPS) is 19.8. The van der Waals surface area contributed by atoms with E-state index in [0.29, 0.717) is 4.90 Å². The molecule has 1 aliphatic rings. The Hall–Kier alpha value is -1.80. The summed E-state index contributed by atoms with van der Waals surface area (Å²) in [5.41, 5.74) is -1.04. The molecular weight excluding hydrogens is 293 g/mol. The molecule has 9 heteroatoms. The van der Waals surface area contributed by atoms with E-state index in [9.17, 15) is 27.6 Å². The van der Waals surface area contributed by atoms with Gasteiger partial charge in [-0.2, -0.15) is 13.2 Å². The van der Waals surface area contributed by atoms with Crippen LogP contribution in [0.4, 0.5) is 13.2 Å². The summed E-state index contributed by atoms with van der Waals surface area (Å²) in [6.45, 7) is 1.29. The first kappa shape index (κ1) is 17.3. The van der Waals surface area contributed by atoms with Crippen LogP contribution in [0.3, 0.4) is 0 Å². The van der Waals surface area contributed by atoms with Crippen molar-refractivity contribution in [1.29, 1.82) is 0 Å². The van der Waals surface area contributed by atoms with Gasteiger partial charge >= 0.3 is 12.1 Å². The zero-order valence-electron chi connectivity index (χ0n) is 11.7. The van der Waals surface area contributed by atoms with E-state index in [1.165, 1.54) is 13.8 Å². The Bertz CT molecular complexity index is 448. The average Bonchev–Trinajstić information content (AvgIpc) is 2.54.